The Bertz CT molecular complexity index is 443. The number of amides is 1. The summed E-state index contributed by atoms with van der Waals surface area (Å²) in [5.74, 6) is 1.60. The molecule has 4 nitrogen and oxygen atoms in total. The van der Waals surface area contributed by atoms with Crippen molar-refractivity contribution in [3.05, 3.63) is 36.4 Å². The predicted octanol–water partition coefficient (Wildman–Crippen LogP) is 2.04. The van der Waals surface area contributed by atoms with Gasteiger partial charge in [0.15, 0.2) is 11.5 Å². The first-order valence-electron chi connectivity index (χ1n) is 6.05. The highest BCUT2D eigenvalue weighted by molar-refractivity contribution is 5.76. The van der Waals surface area contributed by atoms with Crippen LogP contribution in [0.25, 0.3) is 0 Å². The van der Waals surface area contributed by atoms with Crippen LogP contribution in [0.3, 0.4) is 0 Å². The molecule has 0 unspecified atom stereocenters. The highest BCUT2D eigenvalue weighted by Crippen LogP contribution is 2.32. The quantitative estimate of drug-likeness (QED) is 0.618. The molecular formula is C14H17NO3. The summed E-state index contributed by atoms with van der Waals surface area (Å²) in [6.45, 7) is 4.54. The van der Waals surface area contributed by atoms with Gasteiger partial charge in [0.2, 0.25) is 12.7 Å². The van der Waals surface area contributed by atoms with Crippen molar-refractivity contribution in [1.29, 1.82) is 0 Å². The summed E-state index contributed by atoms with van der Waals surface area (Å²) in [4.78, 5) is 11.5. The Morgan fingerprint density at radius 3 is 3.06 bits per heavy atom. The second-order valence-electron chi connectivity index (χ2n) is 4.11. The number of ether oxygens (including phenoxy) is 2. The van der Waals surface area contributed by atoms with Crippen LogP contribution in [0.2, 0.25) is 0 Å². The van der Waals surface area contributed by atoms with Crippen molar-refractivity contribution < 1.29 is 14.3 Å². The molecule has 96 valence electrons. The fraction of sp³-hybridized carbons (Fsp3) is 0.357. The van der Waals surface area contributed by atoms with Crippen LogP contribution in [-0.2, 0) is 11.2 Å². The third-order valence-corrected chi connectivity index (χ3v) is 2.75. The van der Waals surface area contributed by atoms with Gasteiger partial charge in [-0.2, -0.15) is 0 Å². The van der Waals surface area contributed by atoms with E-state index >= 15 is 0 Å². The maximum absolute atomic E-state index is 11.5. The van der Waals surface area contributed by atoms with E-state index in [0.717, 1.165) is 23.5 Å². The van der Waals surface area contributed by atoms with Crippen molar-refractivity contribution in [3.63, 3.8) is 0 Å². The molecule has 1 aliphatic heterocycles. The van der Waals surface area contributed by atoms with Crippen molar-refractivity contribution in [2.75, 3.05) is 13.3 Å². The molecule has 1 N–H and O–H groups in total. The number of hydrogen-bond donors (Lipinski definition) is 1. The Kier molecular flexibility index (Phi) is 4.23. The number of carbonyl (C=O) groups is 1. The molecule has 0 spiro atoms. The van der Waals surface area contributed by atoms with E-state index in [1.807, 2.05) is 18.2 Å². The summed E-state index contributed by atoms with van der Waals surface area (Å²) < 4.78 is 10.5. The minimum Gasteiger partial charge on any atom is -0.454 e. The van der Waals surface area contributed by atoms with Crippen LogP contribution in [0, 0.1) is 0 Å². The van der Waals surface area contributed by atoms with Crippen LogP contribution in [0.4, 0.5) is 0 Å². The van der Waals surface area contributed by atoms with Crippen molar-refractivity contribution in [3.8, 4) is 11.5 Å². The van der Waals surface area contributed by atoms with Gasteiger partial charge in [0.1, 0.15) is 0 Å². The topological polar surface area (TPSA) is 47.6 Å². The normalized spacial score (nSPS) is 12.2. The van der Waals surface area contributed by atoms with Crippen LogP contribution in [0.1, 0.15) is 18.4 Å². The molecule has 0 saturated heterocycles. The molecule has 18 heavy (non-hydrogen) atoms. The zero-order valence-corrected chi connectivity index (χ0v) is 10.3. The molecule has 0 aliphatic carbocycles. The Morgan fingerprint density at radius 2 is 2.22 bits per heavy atom. The van der Waals surface area contributed by atoms with E-state index in [1.54, 1.807) is 6.08 Å². The van der Waals surface area contributed by atoms with E-state index in [9.17, 15) is 4.79 Å². The van der Waals surface area contributed by atoms with Crippen molar-refractivity contribution in [2.24, 2.45) is 0 Å². The molecule has 1 aromatic carbocycles. The van der Waals surface area contributed by atoms with Gasteiger partial charge in [-0.3, -0.25) is 4.79 Å². The minimum absolute atomic E-state index is 0.0644. The Balaban J connectivity index is 1.79. The molecule has 0 radical (unpaired) electrons. The van der Waals surface area contributed by atoms with Crippen LogP contribution < -0.4 is 14.8 Å². The van der Waals surface area contributed by atoms with Gasteiger partial charge >= 0.3 is 0 Å². The molecule has 0 saturated carbocycles. The molecule has 0 atom stereocenters. The summed E-state index contributed by atoms with van der Waals surface area (Å²) in [6, 6.07) is 5.77. The van der Waals surface area contributed by atoms with E-state index < -0.39 is 0 Å². The van der Waals surface area contributed by atoms with E-state index in [1.165, 1.54) is 0 Å². The van der Waals surface area contributed by atoms with Gasteiger partial charge in [-0.1, -0.05) is 12.1 Å². The number of hydrogen-bond acceptors (Lipinski definition) is 3. The van der Waals surface area contributed by atoms with Crippen molar-refractivity contribution >= 4 is 5.91 Å². The molecule has 1 amide bonds. The standard InChI is InChI=1S/C14H17NO3/c1-2-3-8-15-14(16)7-5-11-4-6-12-13(9-11)18-10-17-12/h2,4,6,9H,1,3,5,7-8,10H2,(H,15,16). The third kappa shape index (κ3) is 3.26. The van der Waals surface area contributed by atoms with Crippen molar-refractivity contribution in [2.45, 2.75) is 19.3 Å². The number of carbonyl (C=O) groups excluding carboxylic acids is 1. The molecule has 0 bridgehead atoms. The first-order chi connectivity index (χ1) is 8.79. The summed E-state index contributed by atoms with van der Waals surface area (Å²) in [6.07, 6.45) is 3.78. The smallest absolute Gasteiger partial charge is 0.231 e. The largest absolute Gasteiger partial charge is 0.454 e. The van der Waals surface area contributed by atoms with Gasteiger partial charge in [0, 0.05) is 13.0 Å². The molecule has 0 fully saturated rings. The second-order valence-corrected chi connectivity index (χ2v) is 4.11. The molecule has 4 heteroatoms. The summed E-state index contributed by atoms with van der Waals surface area (Å²) in [7, 11) is 0. The number of benzene rings is 1. The van der Waals surface area contributed by atoms with E-state index in [2.05, 4.69) is 11.9 Å². The van der Waals surface area contributed by atoms with Crippen molar-refractivity contribution in [1.82, 2.24) is 5.32 Å². The van der Waals surface area contributed by atoms with E-state index in [4.69, 9.17) is 9.47 Å². The zero-order valence-electron chi connectivity index (χ0n) is 10.3. The average molecular weight is 247 g/mol. The van der Waals surface area contributed by atoms with Crippen LogP contribution >= 0.6 is 0 Å². The molecular weight excluding hydrogens is 230 g/mol. The van der Waals surface area contributed by atoms with Gasteiger partial charge < -0.3 is 14.8 Å². The van der Waals surface area contributed by atoms with Crippen LogP contribution in [0.5, 0.6) is 11.5 Å². The van der Waals surface area contributed by atoms with Gasteiger partial charge in [-0.15, -0.1) is 6.58 Å². The first-order valence-corrected chi connectivity index (χ1v) is 6.05. The minimum atomic E-state index is 0.0644. The maximum atomic E-state index is 11.5. The Labute approximate surface area is 107 Å². The molecule has 1 heterocycles. The second kappa shape index (κ2) is 6.10. The third-order valence-electron chi connectivity index (χ3n) is 2.75. The zero-order chi connectivity index (χ0) is 12.8. The van der Waals surface area contributed by atoms with Gasteiger partial charge in [-0.25, -0.2) is 0 Å². The van der Waals surface area contributed by atoms with E-state index in [0.29, 0.717) is 19.4 Å². The molecule has 1 aliphatic rings. The number of aryl methyl sites for hydroxylation is 1. The maximum Gasteiger partial charge on any atom is 0.231 e. The van der Waals surface area contributed by atoms with E-state index in [-0.39, 0.29) is 12.7 Å². The monoisotopic (exact) mass is 247 g/mol. The first kappa shape index (κ1) is 12.5. The van der Waals surface area contributed by atoms with Crippen LogP contribution in [0.15, 0.2) is 30.9 Å². The highest BCUT2D eigenvalue weighted by atomic mass is 16.7. The molecule has 0 aromatic heterocycles. The molecule has 2 rings (SSSR count). The average Bonchev–Trinajstić information content (AvgIpc) is 2.84. The highest BCUT2D eigenvalue weighted by Gasteiger charge is 2.13. The number of fused-ring (bicyclic) bond motifs is 1. The fourth-order valence-corrected chi connectivity index (χ4v) is 1.76. The van der Waals surface area contributed by atoms with Crippen LogP contribution in [-0.4, -0.2) is 19.2 Å². The predicted molar refractivity (Wildman–Crippen MR) is 68.7 cm³/mol. The SMILES string of the molecule is C=CCCNC(=O)CCc1ccc2c(c1)OCO2. The lowest BCUT2D eigenvalue weighted by molar-refractivity contribution is -0.121. The van der Waals surface area contributed by atoms with Gasteiger partial charge in [0.05, 0.1) is 0 Å². The summed E-state index contributed by atoms with van der Waals surface area (Å²) >= 11 is 0. The Hall–Kier alpha value is -1.97. The lowest BCUT2D eigenvalue weighted by Gasteiger charge is -2.04. The number of nitrogens with one attached hydrogen (secondary N) is 1. The summed E-state index contributed by atoms with van der Waals surface area (Å²) in [5.41, 5.74) is 1.08. The lowest BCUT2D eigenvalue weighted by atomic mass is 10.1. The fourth-order valence-electron chi connectivity index (χ4n) is 1.76. The van der Waals surface area contributed by atoms with Gasteiger partial charge in [0.25, 0.3) is 0 Å². The molecule has 1 aromatic rings. The number of rotatable bonds is 6. The lowest BCUT2D eigenvalue weighted by Crippen LogP contribution is -2.24. The summed E-state index contributed by atoms with van der Waals surface area (Å²) in [5, 5.41) is 2.84. The Morgan fingerprint density at radius 1 is 1.39 bits per heavy atom. The van der Waals surface area contributed by atoms with Gasteiger partial charge in [-0.05, 0) is 30.5 Å².